The first-order valence-corrected chi connectivity index (χ1v) is 13.5. The van der Waals surface area contributed by atoms with Crippen LogP contribution in [0.5, 0.6) is 5.75 Å². The summed E-state index contributed by atoms with van der Waals surface area (Å²) in [5.41, 5.74) is 3.87. The number of fused-ring (bicyclic) bond motifs is 8. The van der Waals surface area contributed by atoms with Gasteiger partial charge in [-0.15, -0.1) is 0 Å². The van der Waals surface area contributed by atoms with Crippen LogP contribution < -0.4 is 4.74 Å². The fourth-order valence-corrected chi connectivity index (χ4v) is 8.99. The van der Waals surface area contributed by atoms with Gasteiger partial charge in [0.15, 0.2) is 5.60 Å². The second-order valence-electron chi connectivity index (χ2n) is 12.8. The van der Waals surface area contributed by atoms with Crippen LogP contribution in [-0.4, -0.2) is 35.2 Å². The Balaban J connectivity index is 1.20. The van der Waals surface area contributed by atoms with Crippen LogP contribution in [0.15, 0.2) is 17.1 Å². The molecule has 0 unspecified atom stereocenters. The maximum atomic E-state index is 12.0. The zero-order chi connectivity index (χ0) is 23.5. The fourth-order valence-electron chi connectivity index (χ4n) is 8.99. The van der Waals surface area contributed by atoms with Crippen molar-refractivity contribution in [2.45, 2.75) is 108 Å². The van der Waals surface area contributed by atoms with Gasteiger partial charge in [-0.1, -0.05) is 13.0 Å². The third-order valence-electron chi connectivity index (χ3n) is 10.6. The second kappa shape index (κ2) is 6.66. The van der Waals surface area contributed by atoms with E-state index in [9.17, 15) is 4.79 Å². The lowest BCUT2D eigenvalue weighted by Crippen LogP contribution is -2.49. The van der Waals surface area contributed by atoms with E-state index in [2.05, 4.69) is 39.8 Å². The monoisotopic (exact) mass is 463 g/mol. The van der Waals surface area contributed by atoms with Crippen molar-refractivity contribution >= 4 is 11.9 Å². The number of rotatable bonds is 1. The Morgan fingerprint density at radius 1 is 0.971 bits per heavy atom. The van der Waals surface area contributed by atoms with Gasteiger partial charge < -0.3 is 14.2 Å². The molecule has 1 aromatic rings. The number of benzene rings is 1. The van der Waals surface area contributed by atoms with Crippen molar-refractivity contribution in [2.75, 3.05) is 6.61 Å². The van der Waals surface area contributed by atoms with E-state index >= 15 is 0 Å². The van der Waals surface area contributed by atoms with Crippen molar-refractivity contribution in [3.8, 4) is 5.75 Å². The quantitative estimate of drug-likeness (QED) is 0.313. The van der Waals surface area contributed by atoms with Crippen molar-refractivity contribution in [3.63, 3.8) is 0 Å². The van der Waals surface area contributed by atoms with E-state index in [1.807, 2.05) is 0 Å². The van der Waals surface area contributed by atoms with Crippen molar-refractivity contribution < 1.29 is 19.0 Å². The summed E-state index contributed by atoms with van der Waals surface area (Å²) < 4.78 is 18.6. The van der Waals surface area contributed by atoms with E-state index in [0.717, 1.165) is 37.3 Å². The number of nitrogens with zero attached hydrogens (tertiary/aromatic N) is 1. The molecule has 34 heavy (non-hydrogen) atoms. The molecule has 3 heterocycles. The van der Waals surface area contributed by atoms with Crippen molar-refractivity contribution in [3.05, 3.63) is 28.8 Å². The largest absolute Gasteiger partial charge is 0.476 e. The molecule has 182 valence electrons. The average molecular weight is 464 g/mol. The van der Waals surface area contributed by atoms with Crippen LogP contribution in [0.4, 0.5) is 0 Å². The molecule has 0 aromatic heterocycles. The van der Waals surface area contributed by atoms with E-state index in [-0.39, 0.29) is 28.1 Å². The Morgan fingerprint density at radius 3 is 2.62 bits per heavy atom. The number of ether oxygens (including phenoxy) is 3. The zero-order valence-electron chi connectivity index (χ0n) is 21.0. The summed E-state index contributed by atoms with van der Waals surface area (Å²) in [7, 11) is 0. The lowest BCUT2D eigenvalue weighted by molar-refractivity contribution is -0.134. The Labute approximate surface area is 202 Å². The SMILES string of the molecule is CC1(C)COC([C@]2(C)O[C@]23CC[C@H]2[C@@H]4CCc5c(ccc6c5CCCC(=O)O6)[C@H]4CC[C@@]23C)=N1. The molecule has 3 aliphatic heterocycles. The molecule has 3 fully saturated rings. The first kappa shape index (κ1) is 21.4. The third kappa shape index (κ3) is 2.60. The summed E-state index contributed by atoms with van der Waals surface area (Å²) >= 11 is 0. The summed E-state index contributed by atoms with van der Waals surface area (Å²) in [5.74, 6) is 3.57. The van der Waals surface area contributed by atoms with Gasteiger partial charge >= 0.3 is 5.97 Å². The molecule has 3 aliphatic carbocycles. The number of carbonyl (C=O) groups is 1. The highest BCUT2D eigenvalue weighted by Gasteiger charge is 2.82. The van der Waals surface area contributed by atoms with Crippen LogP contribution in [0.25, 0.3) is 0 Å². The van der Waals surface area contributed by atoms with Crippen LogP contribution in [0.2, 0.25) is 0 Å². The van der Waals surface area contributed by atoms with Gasteiger partial charge in [-0.25, -0.2) is 4.99 Å². The Morgan fingerprint density at radius 2 is 1.82 bits per heavy atom. The topological polar surface area (TPSA) is 60.4 Å². The smallest absolute Gasteiger partial charge is 0.311 e. The van der Waals surface area contributed by atoms with E-state index in [1.54, 1.807) is 5.56 Å². The van der Waals surface area contributed by atoms with Gasteiger partial charge in [0.2, 0.25) is 5.90 Å². The summed E-state index contributed by atoms with van der Waals surface area (Å²) in [4.78, 5) is 16.9. The number of esters is 1. The molecule has 6 aliphatic rings. The van der Waals surface area contributed by atoms with Gasteiger partial charge in [0.25, 0.3) is 0 Å². The maximum Gasteiger partial charge on any atom is 0.311 e. The molecular formula is C29H37NO4. The van der Waals surface area contributed by atoms with E-state index < -0.39 is 0 Å². The second-order valence-corrected chi connectivity index (χ2v) is 12.8. The molecule has 6 atom stereocenters. The molecule has 5 nitrogen and oxygen atoms in total. The van der Waals surface area contributed by atoms with E-state index in [1.165, 1.54) is 36.8 Å². The molecule has 5 heteroatoms. The average Bonchev–Trinajstić information content (AvgIpc) is 3.19. The third-order valence-corrected chi connectivity index (χ3v) is 10.6. The highest BCUT2D eigenvalue weighted by molar-refractivity contribution is 5.91. The zero-order valence-corrected chi connectivity index (χ0v) is 21.0. The highest BCUT2D eigenvalue weighted by Crippen LogP contribution is 2.75. The lowest BCUT2D eigenvalue weighted by Gasteiger charge is -2.51. The van der Waals surface area contributed by atoms with Gasteiger partial charge in [-0.05, 0) is 113 Å². The van der Waals surface area contributed by atoms with Crippen LogP contribution in [0.1, 0.15) is 95.2 Å². The minimum atomic E-state index is -0.370. The van der Waals surface area contributed by atoms with Gasteiger partial charge in [-0.2, -0.15) is 0 Å². The lowest BCUT2D eigenvalue weighted by atomic mass is 9.53. The molecule has 1 aromatic carbocycles. The first-order valence-electron chi connectivity index (χ1n) is 13.5. The van der Waals surface area contributed by atoms with Gasteiger partial charge in [-0.3, -0.25) is 4.79 Å². The number of hydrogen-bond donors (Lipinski definition) is 0. The van der Waals surface area contributed by atoms with Crippen LogP contribution in [-0.2, 0) is 27.1 Å². The fraction of sp³-hybridized carbons (Fsp3) is 0.724. The van der Waals surface area contributed by atoms with Crippen molar-refractivity contribution in [1.29, 1.82) is 0 Å². The molecular weight excluding hydrogens is 426 g/mol. The molecule has 2 saturated carbocycles. The Hall–Kier alpha value is -1.88. The van der Waals surface area contributed by atoms with Gasteiger partial charge in [0.05, 0.1) is 5.54 Å². The summed E-state index contributed by atoms with van der Waals surface area (Å²) in [5, 5.41) is 0. The van der Waals surface area contributed by atoms with Crippen LogP contribution in [0, 0.1) is 17.3 Å². The normalized spacial score (nSPS) is 43.6. The minimum absolute atomic E-state index is 0.0798. The summed E-state index contributed by atoms with van der Waals surface area (Å²) in [6, 6.07) is 4.38. The van der Waals surface area contributed by atoms with Crippen molar-refractivity contribution in [2.24, 2.45) is 22.2 Å². The predicted octanol–water partition coefficient (Wildman–Crippen LogP) is 5.52. The van der Waals surface area contributed by atoms with Gasteiger partial charge in [0, 0.05) is 11.8 Å². The van der Waals surface area contributed by atoms with E-state index in [4.69, 9.17) is 19.2 Å². The predicted molar refractivity (Wildman–Crippen MR) is 129 cm³/mol. The van der Waals surface area contributed by atoms with E-state index in [0.29, 0.717) is 30.8 Å². The maximum absolute atomic E-state index is 12.0. The highest BCUT2D eigenvalue weighted by atomic mass is 16.7. The molecule has 0 amide bonds. The molecule has 1 saturated heterocycles. The number of hydrogen-bond acceptors (Lipinski definition) is 5. The minimum Gasteiger partial charge on any atom is -0.476 e. The molecule has 1 spiro atoms. The number of carbonyl (C=O) groups excluding carboxylic acids is 1. The Kier molecular flexibility index (Phi) is 4.19. The Bertz CT molecular complexity index is 1120. The summed E-state index contributed by atoms with van der Waals surface area (Å²) in [6.45, 7) is 9.69. The molecule has 7 rings (SSSR count). The number of epoxide rings is 1. The number of aliphatic imine (C=N–C) groups is 1. The molecule has 0 radical (unpaired) electrons. The first-order chi connectivity index (χ1) is 16.2. The molecule has 0 N–H and O–H groups in total. The van der Waals surface area contributed by atoms with Crippen molar-refractivity contribution in [1.82, 2.24) is 0 Å². The van der Waals surface area contributed by atoms with Gasteiger partial charge in [0.1, 0.15) is 18.0 Å². The van der Waals surface area contributed by atoms with Crippen LogP contribution in [0.3, 0.4) is 0 Å². The standard InChI is InChI=1S/C29H37NO4/c1-26(2)16-32-25(30-26)28(4)29(34-28)15-13-22-20-9-8-18-17(19(20)12-14-27(22,29)3)10-11-23-21(18)6-5-7-24(31)33-23/h10-11,19-20,22H,5-9,12-16H2,1-4H3/t19-,20-,22+,27+,28+,29+/m1/s1. The molecule has 0 bridgehead atoms. The van der Waals surface area contributed by atoms with Crippen LogP contribution >= 0.6 is 0 Å². The summed E-state index contributed by atoms with van der Waals surface area (Å²) in [6.07, 6.45) is 9.50.